The molecule has 1 N–H and O–H groups in total. The Bertz CT molecular complexity index is 603. The van der Waals surface area contributed by atoms with E-state index in [2.05, 4.69) is 5.32 Å². The minimum Gasteiger partial charge on any atom is -0.310 e. The van der Waals surface area contributed by atoms with Gasteiger partial charge in [0.15, 0.2) is 9.84 Å². The largest absolute Gasteiger partial charge is 0.310 e. The van der Waals surface area contributed by atoms with E-state index in [0.717, 1.165) is 0 Å². The molecule has 0 saturated carbocycles. The number of anilines is 1. The number of sulfone groups is 1. The molecule has 1 amide bonds. The molecule has 1 aliphatic rings. The van der Waals surface area contributed by atoms with E-state index in [1.807, 2.05) is 0 Å². The van der Waals surface area contributed by atoms with Crippen LogP contribution in [-0.2, 0) is 14.6 Å². The van der Waals surface area contributed by atoms with Crippen molar-refractivity contribution in [3.8, 4) is 0 Å². The van der Waals surface area contributed by atoms with Crippen LogP contribution in [0, 0.1) is 0 Å². The first-order valence-corrected chi connectivity index (χ1v) is 8.61. The van der Waals surface area contributed by atoms with Crippen LogP contribution in [0.25, 0.3) is 0 Å². The Morgan fingerprint density at radius 3 is 2.85 bits per heavy atom. The number of hydrogen-bond acceptors (Lipinski definition) is 4. The molecular weight excluding hydrogens is 300 g/mol. The lowest BCUT2D eigenvalue weighted by molar-refractivity contribution is -0.118. The van der Waals surface area contributed by atoms with Crippen molar-refractivity contribution in [1.29, 1.82) is 0 Å². The van der Waals surface area contributed by atoms with E-state index in [9.17, 15) is 13.2 Å². The Labute approximate surface area is 123 Å². The van der Waals surface area contributed by atoms with Crippen LogP contribution >= 0.6 is 11.6 Å². The van der Waals surface area contributed by atoms with Gasteiger partial charge in [-0.05, 0) is 18.2 Å². The number of carbonyl (C=O) groups excluding carboxylic acids is 1. The van der Waals surface area contributed by atoms with Crippen LogP contribution in [0.2, 0.25) is 5.02 Å². The number of nitrogens with zero attached hydrogens (tertiary/aromatic N) is 1. The molecule has 0 bridgehead atoms. The molecule has 1 heterocycles. The third-order valence-electron chi connectivity index (χ3n) is 3.26. The normalized spacial score (nSPS) is 20.2. The Hall–Kier alpha value is -1.11. The minimum absolute atomic E-state index is 0.0356. The van der Waals surface area contributed by atoms with Gasteiger partial charge in [-0.1, -0.05) is 24.6 Å². The van der Waals surface area contributed by atoms with Gasteiger partial charge in [-0.15, -0.1) is 0 Å². The number of hydrogen-bond donors (Lipinski definition) is 1. The maximum atomic E-state index is 12.0. The highest BCUT2D eigenvalue weighted by Crippen LogP contribution is 2.21. The zero-order valence-corrected chi connectivity index (χ0v) is 12.7. The van der Waals surface area contributed by atoms with Crippen molar-refractivity contribution in [2.45, 2.75) is 13.0 Å². The van der Waals surface area contributed by atoms with E-state index in [0.29, 0.717) is 17.3 Å². The van der Waals surface area contributed by atoms with Gasteiger partial charge in [-0.3, -0.25) is 4.79 Å². The molecule has 1 aromatic carbocycles. The van der Waals surface area contributed by atoms with E-state index in [1.54, 1.807) is 36.1 Å². The molecule has 110 valence electrons. The molecule has 0 unspecified atom stereocenters. The standard InChI is InChI=1S/C13H17ClN2O3S/c1-2-20(18,19)9-11-8-16(13(17)7-15-11)12-5-3-4-10(14)6-12/h3-6,11,15H,2,7-9H2,1H3/t11-/m0/s1. The van der Waals surface area contributed by atoms with Crippen LogP contribution in [0.15, 0.2) is 24.3 Å². The zero-order valence-electron chi connectivity index (χ0n) is 11.2. The Morgan fingerprint density at radius 1 is 1.45 bits per heavy atom. The lowest BCUT2D eigenvalue weighted by atomic mass is 10.2. The summed E-state index contributed by atoms with van der Waals surface area (Å²) >= 11 is 5.93. The molecule has 0 aliphatic carbocycles. The first-order valence-electron chi connectivity index (χ1n) is 6.41. The molecular formula is C13H17ClN2O3S. The van der Waals surface area contributed by atoms with E-state index >= 15 is 0 Å². The van der Waals surface area contributed by atoms with Crippen LogP contribution in [0.3, 0.4) is 0 Å². The third kappa shape index (κ3) is 3.71. The molecule has 1 aromatic rings. The summed E-state index contributed by atoms with van der Waals surface area (Å²) in [4.78, 5) is 13.5. The molecule has 0 radical (unpaired) electrons. The SMILES string of the molecule is CCS(=O)(=O)C[C@@H]1CN(c2cccc(Cl)c2)C(=O)CN1. The molecule has 1 saturated heterocycles. The number of rotatable bonds is 4. The Morgan fingerprint density at radius 2 is 2.20 bits per heavy atom. The van der Waals surface area contributed by atoms with Crippen molar-refractivity contribution in [1.82, 2.24) is 5.32 Å². The summed E-state index contributed by atoms with van der Waals surface area (Å²) in [5.41, 5.74) is 0.697. The lowest BCUT2D eigenvalue weighted by Crippen LogP contribution is -2.56. The number of benzene rings is 1. The van der Waals surface area contributed by atoms with E-state index in [-0.39, 0.29) is 30.0 Å². The summed E-state index contributed by atoms with van der Waals surface area (Å²) in [6, 6.07) is 6.75. The number of halogens is 1. The Balaban J connectivity index is 2.15. The fourth-order valence-corrected chi connectivity index (χ4v) is 3.40. The molecule has 7 heteroatoms. The highest BCUT2D eigenvalue weighted by Gasteiger charge is 2.29. The van der Waals surface area contributed by atoms with Gasteiger partial charge in [-0.25, -0.2) is 8.42 Å². The lowest BCUT2D eigenvalue weighted by Gasteiger charge is -2.33. The molecule has 1 atom stereocenters. The van der Waals surface area contributed by atoms with Gasteiger partial charge in [-0.2, -0.15) is 0 Å². The van der Waals surface area contributed by atoms with Gasteiger partial charge in [0, 0.05) is 29.0 Å². The number of carbonyl (C=O) groups is 1. The fraction of sp³-hybridized carbons (Fsp3) is 0.462. The molecule has 0 spiro atoms. The topological polar surface area (TPSA) is 66.5 Å². The first kappa shape index (κ1) is 15.3. The summed E-state index contributed by atoms with van der Waals surface area (Å²) in [7, 11) is -3.08. The van der Waals surface area contributed by atoms with Crippen molar-refractivity contribution in [2.24, 2.45) is 0 Å². The monoisotopic (exact) mass is 316 g/mol. The van der Waals surface area contributed by atoms with Crippen LogP contribution < -0.4 is 10.2 Å². The highest BCUT2D eigenvalue weighted by molar-refractivity contribution is 7.91. The summed E-state index contributed by atoms with van der Waals surface area (Å²) in [6.07, 6.45) is 0. The summed E-state index contributed by atoms with van der Waals surface area (Å²) in [5.74, 6) is 0.0573. The van der Waals surface area contributed by atoms with Crippen LogP contribution in [-0.4, -0.2) is 45.0 Å². The summed E-state index contributed by atoms with van der Waals surface area (Å²) < 4.78 is 23.4. The highest BCUT2D eigenvalue weighted by atomic mass is 35.5. The third-order valence-corrected chi connectivity index (χ3v) is 5.29. The second kappa shape index (κ2) is 6.11. The van der Waals surface area contributed by atoms with Crippen molar-refractivity contribution in [3.05, 3.63) is 29.3 Å². The van der Waals surface area contributed by atoms with Gasteiger partial charge >= 0.3 is 0 Å². The van der Waals surface area contributed by atoms with Crippen LogP contribution in [0.1, 0.15) is 6.92 Å². The summed E-state index contributed by atoms with van der Waals surface area (Å²) in [5, 5.41) is 3.52. The number of nitrogens with one attached hydrogen (secondary N) is 1. The van der Waals surface area contributed by atoms with Crippen LogP contribution in [0.5, 0.6) is 0 Å². The molecule has 0 aromatic heterocycles. The average Bonchev–Trinajstić information content (AvgIpc) is 2.41. The van der Waals surface area contributed by atoms with Crippen LogP contribution in [0.4, 0.5) is 5.69 Å². The van der Waals surface area contributed by atoms with Crippen molar-refractivity contribution in [2.75, 3.05) is 29.5 Å². The van der Waals surface area contributed by atoms with Gasteiger partial charge in [0.2, 0.25) is 5.91 Å². The molecule has 1 fully saturated rings. The maximum absolute atomic E-state index is 12.0. The van der Waals surface area contributed by atoms with Gasteiger partial charge in [0.1, 0.15) is 0 Å². The van der Waals surface area contributed by atoms with E-state index in [1.165, 1.54) is 0 Å². The molecule has 5 nitrogen and oxygen atoms in total. The fourth-order valence-electron chi connectivity index (χ4n) is 2.14. The molecule has 2 rings (SSSR count). The van der Waals surface area contributed by atoms with Crippen molar-refractivity contribution >= 4 is 33.0 Å². The maximum Gasteiger partial charge on any atom is 0.241 e. The Kier molecular flexibility index (Phi) is 4.67. The molecule has 20 heavy (non-hydrogen) atoms. The van der Waals surface area contributed by atoms with E-state index in [4.69, 9.17) is 11.6 Å². The van der Waals surface area contributed by atoms with Gasteiger partial charge < -0.3 is 10.2 Å². The number of amides is 1. The average molecular weight is 317 g/mol. The predicted molar refractivity (Wildman–Crippen MR) is 79.9 cm³/mol. The smallest absolute Gasteiger partial charge is 0.241 e. The predicted octanol–water partition coefficient (Wildman–Crippen LogP) is 1.08. The second-order valence-corrected chi connectivity index (χ2v) is 7.60. The van der Waals surface area contributed by atoms with Gasteiger partial charge in [0.25, 0.3) is 0 Å². The zero-order chi connectivity index (χ0) is 14.8. The first-order chi connectivity index (χ1) is 9.41. The van der Waals surface area contributed by atoms with Crippen molar-refractivity contribution in [3.63, 3.8) is 0 Å². The number of piperazine rings is 1. The quantitative estimate of drug-likeness (QED) is 0.902. The van der Waals surface area contributed by atoms with E-state index < -0.39 is 9.84 Å². The van der Waals surface area contributed by atoms with Gasteiger partial charge in [0.05, 0.1) is 12.3 Å². The molecule has 1 aliphatic heterocycles. The summed E-state index contributed by atoms with van der Waals surface area (Å²) in [6.45, 7) is 2.09. The van der Waals surface area contributed by atoms with Crippen molar-refractivity contribution < 1.29 is 13.2 Å². The minimum atomic E-state index is -3.08. The second-order valence-electron chi connectivity index (χ2n) is 4.76.